The molecule has 1 saturated carbocycles. The maximum absolute atomic E-state index is 12.7. The second-order valence-corrected chi connectivity index (χ2v) is 8.69. The van der Waals surface area contributed by atoms with Crippen LogP contribution in [0.3, 0.4) is 0 Å². The average Bonchev–Trinajstić information content (AvgIpc) is 3.61. The number of nitrogens with zero attached hydrogens (tertiary/aromatic N) is 2. The summed E-state index contributed by atoms with van der Waals surface area (Å²) in [5.41, 5.74) is 3.21. The second kappa shape index (κ2) is 8.88. The molecule has 1 aliphatic rings. The van der Waals surface area contributed by atoms with Crippen LogP contribution < -0.4 is 10.0 Å². The van der Waals surface area contributed by atoms with Crippen molar-refractivity contribution in [1.29, 1.82) is 0 Å². The minimum absolute atomic E-state index is 0.0374. The van der Waals surface area contributed by atoms with Gasteiger partial charge in [-0.2, -0.15) is 0 Å². The summed E-state index contributed by atoms with van der Waals surface area (Å²) in [6.07, 6.45) is 8.13. The Morgan fingerprint density at radius 1 is 0.968 bits per heavy atom. The Balaban J connectivity index is 1.14. The number of fused-ring (bicyclic) bond motifs is 1. The molecule has 1 aliphatic carbocycles. The van der Waals surface area contributed by atoms with Gasteiger partial charge in [-0.1, -0.05) is 24.3 Å². The molecular formula is C25H22N4OS. The van der Waals surface area contributed by atoms with E-state index in [9.17, 15) is 4.79 Å². The maximum Gasteiger partial charge on any atom is 0.228 e. The summed E-state index contributed by atoms with van der Waals surface area (Å²) < 4.78 is 3.36. The number of hydrogen-bond donors (Lipinski definition) is 2. The van der Waals surface area contributed by atoms with E-state index in [1.54, 1.807) is 24.3 Å². The van der Waals surface area contributed by atoms with E-state index >= 15 is 0 Å². The molecule has 5 nitrogen and oxygen atoms in total. The number of hydrogen-bond acceptors (Lipinski definition) is 5. The van der Waals surface area contributed by atoms with Gasteiger partial charge in [0.1, 0.15) is 0 Å². The second-order valence-electron chi connectivity index (χ2n) is 7.73. The Labute approximate surface area is 185 Å². The van der Waals surface area contributed by atoms with Crippen molar-refractivity contribution in [3.8, 4) is 0 Å². The Morgan fingerprint density at radius 2 is 1.84 bits per heavy atom. The minimum atomic E-state index is 0.0374. The molecular weight excluding hydrogens is 404 g/mol. The molecule has 1 unspecified atom stereocenters. The lowest BCUT2D eigenvalue weighted by molar-refractivity contribution is -0.117. The van der Waals surface area contributed by atoms with Crippen LogP contribution in [0.4, 0.5) is 5.69 Å². The predicted octanol–water partition coefficient (Wildman–Crippen LogP) is 5.17. The monoisotopic (exact) mass is 426 g/mol. The lowest BCUT2D eigenvalue weighted by Gasteiger charge is -2.07. The molecule has 1 amide bonds. The highest BCUT2D eigenvalue weighted by Gasteiger charge is 2.43. The Morgan fingerprint density at radius 3 is 2.68 bits per heavy atom. The van der Waals surface area contributed by atoms with E-state index in [4.69, 9.17) is 0 Å². The van der Waals surface area contributed by atoms with Crippen molar-refractivity contribution in [2.24, 2.45) is 5.92 Å². The molecule has 2 aromatic carbocycles. The molecule has 0 saturated heterocycles. The van der Waals surface area contributed by atoms with Crippen molar-refractivity contribution in [2.75, 3.05) is 5.32 Å². The Bertz CT molecular complexity index is 1200. The molecule has 2 N–H and O–H groups in total. The van der Waals surface area contributed by atoms with Crippen LogP contribution in [0.25, 0.3) is 10.8 Å². The molecule has 1 fully saturated rings. The predicted molar refractivity (Wildman–Crippen MR) is 125 cm³/mol. The largest absolute Gasteiger partial charge is 0.326 e. The number of pyridine rings is 2. The van der Waals surface area contributed by atoms with E-state index in [2.05, 4.69) is 50.3 Å². The summed E-state index contributed by atoms with van der Waals surface area (Å²) in [6, 6.07) is 20.4. The zero-order chi connectivity index (χ0) is 21.0. The number of benzene rings is 2. The fourth-order valence-electron chi connectivity index (χ4n) is 3.74. The highest BCUT2D eigenvalue weighted by atomic mass is 32.2. The first kappa shape index (κ1) is 19.7. The van der Waals surface area contributed by atoms with Crippen LogP contribution in [-0.2, 0) is 11.3 Å². The lowest BCUT2D eigenvalue weighted by atomic mass is 10.1. The SMILES string of the molecule is O=C(Nc1ccc2cnccc2c1)C1C[C@H]1c1ccc(SNCc2cccnc2)cc1. The van der Waals surface area contributed by atoms with Crippen LogP contribution in [0, 0.1) is 5.92 Å². The van der Waals surface area contributed by atoms with Crippen LogP contribution in [0.2, 0.25) is 0 Å². The lowest BCUT2D eigenvalue weighted by Crippen LogP contribution is -2.14. The molecule has 2 aromatic heterocycles. The van der Waals surface area contributed by atoms with Gasteiger partial charge >= 0.3 is 0 Å². The summed E-state index contributed by atoms with van der Waals surface area (Å²) in [5, 5.41) is 5.21. The smallest absolute Gasteiger partial charge is 0.228 e. The quantitative estimate of drug-likeness (QED) is 0.399. The number of rotatable bonds is 7. The van der Waals surface area contributed by atoms with Gasteiger partial charge in [-0.05, 0) is 77.2 Å². The van der Waals surface area contributed by atoms with Gasteiger partial charge in [0.05, 0.1) is 0 Å². The van der Waals surface area contributed by atoms with Gasteiger partial charge in [0, 0.05) is 53.2 Å². The minimum Gasteiger partial charge on any atom is -0.326 e. The van der Waals surface area contributed by atoms with E-state index in [0.29, 0.717) is 5.92 Å². The van der Waals surface area contributed by atoms with Gasteiger partial charge in [0.15, 0.2) is 0 Å². The van der Waals surface area contributed by atoms with Crippen molar-refractivity contribution in [3.63, 3.8) is 0 Å². The first-order chi connectivity index (χ1) is 15.3. The summed E-state index contributed by atoms with van der Waals surface area (Å²) in [4.78, 5) is 22.1. The summed E-state index contributed by atoms with van der Waals surface area (Å²) in [6.45, 7) is 0.760. The highest BCUT2D eigenvalue weighted by molar-refractivity contribution is 7.97. The van der Waals surface area contributed by atoms with Crippen LogP contribution >= 0.6 is 11.9 Å². The number of carbonyl (C=O) groups is 1. The molecule has 31 heavy (non-hydrogen) atoms. The molecule has 4 aromatic rings. The highest BCUT2D eigenvalue weighted by Crippen LogP contribution is 2.48. The third-order valence-corrected chi connectivity index (χ3v) is 6.33. The zero-order valence-electron chi connectivity index (χ0n) is 16.9. The molecule has 0 aliphatic heterocycles. The summed E-state index contributed by atoms with van der Waals surface area (Å²) >= 11 is 1.60. The van der Waals surface area contributed by atoms with Crippen molar-refractivity contribution in [3.05, 3.63) is 96.6 Å². The Hall–Kier alpha value is -3.22. The van der Waals surface area contributed by atoms with E-state index in [0.717, 1.165) is 39.9 Å². The van der Waals surface area contributed by atoms with Crippen LogP contribution in [0.15, 0.2) is 90.3 Å². The number of amides is 1. The van der Waals surface area contributed by atoms with Crippen LogP contribution in [-0.4, -0.2) is 15.9 Å². The average molecular weight is 427 g/mol. The van der Waals surface area contributed by atoms with Gasteiger partial charge < -0.3 is 5.32 Å². The standard InChI is InChI=1S/C25H22N4OS/c30-25(29-21-6-3-20-16-27-11-9-19(20)12-21)24-13-23(24)18-4-7-22(8-5-18)31-28-15-17-2-1-10-26-14-17/h1-12,14,16,23-24,28H,13,15H2,(H,29,30)/t23-,24?/m0/s1. The fraction of sp³-hybridized carbons (Fsp3) is 0.160. The summed E-state index contributed by atoms with van der Waals surface area (Å²) in [5.74, 6) is 0.428. The number of aromatic nitrogens is 2. The van der Waals surface area contributed by atoms with Crippen molar-refractivity contribution < 1.29 is 4.79 Å². The van der Waals surface area contributed by atoms with Gasteiger partial charge in [-0.15, -0.1) is 0 Å². The van der Waals surface area contributed by atoms with Crippen LogP contribution in [0.5, 0.6) is 0 Å². The number of anilines is 1. The molecule has 0 bridgehead atoms. The van der Waals surface area contributed by atoms with Crippen molar-refractivity contribution in [2.45, 2.75) is 23.8 Å². The zero-order valence-corrected chi connectivity index (χ0v) is 17.7. The third-order valence-electron chi connectivity index (χ3n) is 5.53. The number of carbonyl (C=O) groups excluding carboxylic acids is 1. The Kier molecular flexibility index (Phi) is 5.65. The normalized spacial score (nSPS) is 17.4. The molecule has 2 atom stereocenters. The molecule has 0 spiro atoms. The van der Waals surface area contributed by atoms with E-state index in [1.807, 2.05) is 42.7 Å². The number of nitrogens with one attached hydrogen (secondary N) is 2. The third kappa shape index (κ3) is 4.76. The van der Waals surface area contributed by atoms with E-state index in [-0.39, 0.29) is 11.8 Å². The van der Waals surface area contributed by atoms with Gasteiger partial charge in [-0.25, -0.2) is 0 Å². The molecule has 154 valence electrons. The fourth-order valence-corrected chi connectivity index (χ4v) is 4.42. The van der Waals surface area contributed by atoms with Gasteiger partial charge in [0.2, 0.25) is 5.91 Å². The first-order valence-electron chi connectivity index (χ1n) is 10.3. The maximum atomic E-state index is 12.7. The topological polar surface area (TPSA) is 66.9 Å². The first-order valence-corrected chi connectivity index (χ1v) is 11.1. The van der Waals surface area contributed by atoms with Crippen LogP contribution in [0.1, 0.15) is 23.5 Å². The van der Waals surface area contributed by atoms with Crippen molar-refractivity contribution in [1.82, 2.24) is 14.7 Å². The van der Waals surface area contributed by atoms with Crippen molar-refractivity contribution >= 4 is 34.3 Å². The molecule has 2 heterocycles. The molecule has 5 rings (SSSR count). The van der Waals surface area contributed by atoms with Gasteiger partial charge in [0.25, 0.3) is 0 Å². The summed E-state index contributed by atoms with van der Waals surface area (Å²) in [7, 11) is 0. The van der Waals surface area contributed by atoms with Gasteiger partial charge in [-0.3, -0.25) is 19.5 Å². The van der Waals surface area contributed by atoms with E-state index in [1.165, 1.54) is 5.56 Å². The molecule has 6 heteroatoms. The van der Waals surface area contributed by atoms with E-state index < -0.39 is 0 Å². The molecule has 0 radical (unpaired) electrons.